The van der Waals surface area contributed by atoms with Crippen LogP contribution < -0.4 is 29.4 Å². The number of benzene rings is 7. The van der Waals surface area contributed by atoms with Crippen molar-refractivity contribution in [1.82, 2.24) is 5.43 Å². The van der Waals surface area contributed by atoms with E-state index in [1.807, 2.05) is 97.9 Å². The monoisotopic (exact) mass is 982 g/mol. The van der Waals surface area contributed by atoms with Crippen LogP contribution in [0, 0.1) is 0 Å². The van der Waals surface area contributed by atoms with E-state index in [0.717, 1.165) is 91.4 Å². The molecule has 8 bridgehead atoms. The summed E-state index contributed by atoms with van der Waals surface area (Å²) in [4.78, 5) is 28.6. The van der Waals surface area contributed by atoms with E-state index in [1.165, 1.54) is 0 Å². The van der Waals surface area contributed by atoms with Gasteiger partial charge in [-0.2, -0.15) is 5.01 Å². The highest BCUT2D eigenvalue weighted by Crippen LogP contribution is 2.46. The van der Waals surface area contributed by atoms with Crippen LogP contribution in [0.2, 0.25) is 0 Å². The van der Waals surface area contributed by atoms with Crippen LogP contribution in [-0.4, -0.2) is 43.7 Å². The number of carbonyl (C=O) groups excluding carboxylic acids is 2. The van der Waals surface area contributed by atoms with Gasteiger partial charge in [0, 0.05) is 36.8 Å². The Balaban J connectivity index is 1.37. The van der Waals surface area contributed by atoms with Gasteiger partial charge in [0.15, 0.2) is 0 Å². The minimum absolute atomic E-state index is 0.0378. The lowest BCUT2D eigenvalue weighted by molar-refractivity contribution is 0.126. The highest BCUT2D eigenvalue weighted by atomic mass is 16.6. The molecule has 0 saturated carbocycles. The second kappa shape index (κ2) is 25.5. The lowest BCUT2D eigenvalue weighted by Crippen LogP contribution is -2.47. The van der Waals surface area contributed by atoms with Gasteiger partial charge in [0.1, 0.15) is 47.6 Å². The van der Waals surface area contributed by atoms with Crippen LogP contribution in [0.5, 0.6) is 28.7 Å². The lowest BCUT2D eigenvalue weighted by atomic mass is 9.89. The molecule has 7 aromatic carbocycles. The molecule has 0 fully saturated rings. The highest BCUT2D eigenvalue weighted by Gasteiger charge is 2.32. The number of amides is 2. The van der Waals surface area contributed by atoms with Crippen LogP contribution in [0.25, 0.3) is 11.1 Å². The third kappa shape index (κ3) is 13.0. The SMILES string of the molecule is CCCOc1c2cc(-c3ccccc3)cc1Cc1cccc(c1OCCC)Cc1c(OCCC)c(cc(O)c1N(NC(=O)OCc1ccccc1)C(=O)OCc1ccccc1)Cc1cccc(c1OCCC)C2. The number of phenolic OH excluding ortho intramolecular Hbond substituents is 1. The van der Waals surface area contributed by atoms with Crippen LogP contribution in [-0.2, 0) is 48.4 Å². The second-order valence-corrected chi connectivity index (χ2v) is 18.2. The summed E-state index contributed by atoms with van der Waals surface area (Å²) in [6.45, 7) is 9.85. The smallest absolute Gasteiger partial charge is 0.434 e. The zero-order valence-corrected chi connectivity index (χ0v) is 42.4. The van der Waals surface area contributed by atoms with Gasteiger partial charge in [-0.05, 0) is 99.5 Å². The molecule has 11 nitrogen and oxygen atoms in total. The fourth-order valence-electron chi connectivity index (χ4n) is 9.13. The Labute approximate surface area is 429 Å². The number of rotatable bonds is 18. The number of aromatic hydroxyl groups is 1. The summed E-state index contributed by atoms with van der Waals surface area (Å²) >= 11 is 0. The van der Waals surface area contributed by atoms with E-state index >= 15 is 0 Å². The number of hydrogen-bond acceptors (Lipinski definition) is 9. The normalized spacial score (nSPS) is 11.8. The van der Waals surface area contributed by atoms with Gasteiger partial charge in [0.05, 0.1) is 26.4 Å². The van der Waals surface area contributed by atoms with Crippen molar-refractivity contribution in [1.29, 1.82) is 0 Å². The molecule has 0 aromatic heterocycles. The molecule has 73 heavy (non-hydrogen) atoms. The maximum atomic E-state index is 14.7. The second-order valence-electron chi connectivity index (χ2n) is 18.2. The van der Waals surface area contributed by atoms with Crippen molar-refractivity contribution in [2.24, 2.45) is 0 Å². The van der Waals surface area contributed by atoms with E-state index in [-0.39, 0.29) is 37.5 Å². The number of phenols is 1. The Morgan fingerprint density at radius 2 is 0.877 bits per heavy atom. The first kappa shape index (κ1) is 51.4. The molecule has 0 aliphatic heterocycles. The third-order valence-electron chi connectivity index (χ3n) is 12.5. The Morgan fingerprint density at radius 3 is 1.36 bits per heavy atom. The van der Waals surface area contributed by atoms with Crippen molar-refractivity contribution >= 4 is 17.9 Å². The summed E-state index contributed by atoms with van der Waals surface area (Å²) in [5.41, 5.74) is 12.9. The molecule has 0 spiro atoms. The molecule has 0 heterocycles. The predicted octanol–water partition coefficient (Wildman–Crippen LogP) is 13.9. The van der Waals surface area contributed by atoms with Crippen LogP contribution in [0.15, 0.2) is 146 Å². The summed E-state index contributed by atoms with van der Waals surface area (Å²) in [6, 6.07) is 47.2. The summed E-state index contributed by atoms with van der Waals surface area (Å²) < 4.78 is 38.8. The average molecular weight is 983 g/mol. The zero-order chi connectivity index (χ0) is 50.9. The van der Waals surface area contributed by atoms with Gasteiger partial charge in [-0.3, -0.25) is 0 Å². The number of hydrazine groups is 1. The number of ether oxygens (including phenoxy) is 6. The number of carbonyl (C=O) groups is 2. The first-order chi connectivity index (χ1) is 35.8. The zero-order valence-electron chi connectivity index (χ0n) is 42.4. The Hall–Kier alpha value is -7.92. The minimum Gasteiger partial charge on any atom is -0.506 e. The van der Waals surface area contributed by atoms with Gasteiger partial charge in [-0.1, -0.05) is 155 Å². The van der Waals surface area contributed by atoms with Crippen molar-refractivity contribution in [3.63, 3.8) is 0 Å². The minimum atomic E-state index is -0.957. The van der Waals surface area contributed by atoms with Gasteiger partial charge in [-0.15, -0.1) is 0 Å². The lowest BCUT2D eigenvalue weighted by Gasteiger charge is -2.29. The molecule has 378 valence electrons. The van der Waals surface area contributed by atoms with E-state index in [0.29, 0.717) is 68.3 Å². The predicted molar refractivity (Wildman–Crippen MR) is 286 cm³/mol. The molecule has 0 atom stereocenters. The number of para-hydroxylation sites is 2. The molecule has 11 heteroatoms. The van der Waals surface area contributed by atoms with Gasteiger partial charge in [-0.25, -0.2) is 15.0 Å². The fraction of sp³-hybridized carbons (Fsp3) is 0.290. The number of nitrogens with zero attached hydrogens (tertiary/aromatic N) is 1. The summed E-state index contributed by atoms with van der Waals surface area (Å²) in [5, 5.41) is 13.5. The average Bonchev–Trinajstić information content (AvgIpc) is 3.41. The van der Waals surface area contributed by atoms with Crippen molar-refractivity contribution in [3.8, 4) is 39.9 Å². The quantitative estimate of drug-likeness (QED) is 0.0809. The van der Waals surface area contributed by atoms with E-state index in [1.54, 1.807) is 6.07 Å². The molecule has 2 amide bonds. The molecule has 8 rings (SSSR count). The van der Waals surface area contributed by atoms with Crippen molar-refractivity contribution in [2.45, 2.75) is 92.3 Å². The molecule has 7 aromatic rings. The third-order valence-corrected chi connectivity index (χ3v) is 12.5. The van der Waals surface area contributed by atoms with Gasteiger partial charge < -0.3 is 33.5 Å². The highest BCUT2D eigenvalue weighted by molar-refractivity contribution is 5.94. The van der Waals surface area contributed by atoms with Crippen LogP contribution in [0.1, 0.15) is 109 Å². The molecule has 0 radical (unpaired) electrons. The van der Waals surface area contributed by atoms with Gasteiger partial charge in [0.25, 0.3) is 0 Å². The van der Waals surface area contributed by atoms with E-state index < -0.39 is 12.2 Å². The molecule has 0 unspecified atom stereocenters. The summed E-state index contributed by atoms with van der Waals surface area (Å²) in [5.74, 6) is 2.38. The van der Waals surface area contributed by atoms with Gasteiger partial charge >= 0.3 is 12.2 Å². The van der Waals surface area contributed by atoms with E-state index in [9.17, 15) is 14.7 Å². The summed E-state index contributed by atoms with van der Waals surface area (Å²) in [6.07, 6.45) is 2.47. The van der Waals surface area contributed by atoms with Crippen molar-refractivity contribution < 1.29 is 43.1 Å². The number of anilines is 1. The summed E-state index contributed by atoms with van der Waals surface area (Å²) in [7, 11) is 0. The molecule has 2 N–H and O–H groups in total. The molecular weight excluding hydrogens is 917 g/mol. The fourth-order valence-corrected chi connectivity index (χ4v) is 9.13. The van der Waals surface area contributed by atoms with Crippen LogP contribution in [0.3, 0.4) is 0 Å². The van der Waals surface area contributed by atoms with Crippen LogP contribution >= 0.6 is 0 Å². The number of fused-ring (bicyclic) bond motifs is 8. The van der Waals surface area contributed by atoms with Crippen molar-refractivity contribution in [3.05, 3.63) is 201 Å². The Kier molecular flexibility index (Phi) is 17.9. The van der Waals surface area contributed by atoms with Crippen LogP contribution in [0.4, 0.5) is 15.3 Å². The molecular formula is C62H66N2O9. The maximum Gasteiger partial charge on any atom is 0.434 e. The molecule has 0 saturated heterocycles. The topological polar surface area (TPSA) is 125 Å². The Bertz CT molecular complexity index is 2940. The van der Waals surface area contributed by atoms with E-state index in [4.69, 9.17) is 28.4 Å². The van der Waals surface area contributed by atoms with Crippen molar-refractivity contribution in [2.75, 3.05) is 31.4 Å². The largest absolute Gasteiger partial charge is 0.506 e. The first-order valence-corrected chi connectivity index (χ1v) is 25.6. The van der Waals surface area contributed by atoms with Gasteiger partial charge in [0.2, 0.25) is 0 Å². The number of nitrogens with one attached hydrogen (secondary N) is 1. The first-order valence-electron chi connectivity index (χ1n) is 25.6. The molecule has 1 aliphatic carbocycles. The standard InChI is InChI=1S/C62H66N2O9/c1-5-30-68-57-46-26-18-27-48(57)36-53-40-55(65)56(64(62(67)73-42-44-22-14-10-15-23-44)63-61(66)72-41-43-20-12-9-13-21-43)54(60(53)71-33-8-4)39-49-29-19-28-47(58(49)69-31-6-2)35-52-38-50(45-24-16-11-17-25-45)37-51(34-46)59(52)70-32-7-3/h9-29,37-38,40,65H,5-8,30-36,39,41-42H2,1-4H3,(H,63,66). The maximum absolute atomic E-state index is 14.7. The number of hydrogen-bond donors (Lipinski definition) is 2. The molecule has 1 aliphatic rings. The van der Waals surface area contributed by atoms with E-state index in [2.05, 4.69) is 74.7 Å². The Morgan fingerprint density at radius 1 is 0.466 bits per heavy atom.